The molecule has 0 amide bonds. The third kappa shape index (κ3) is 5.01. The maximum absolute atomic E-state index is 14.1. The Balaban J connectivity index is 1.61. The molecule has 1 aliphatic carbocycles. The summed E-state index contributed by atoms with van der Waals surface area (Å²) < 4.78 is 21.5. The van der Waals surface area contributed by atoms with Crippen LogP contribution < -0.4 is 15.4 Å². The van der Waals surface area contributed by atoms with Crippen LogP contribution in [0.4, 0.5) is 16.0 Å². The molecule has 156 valence electrons. The summed E-state index contributed by atoms with van der Waals surface area (Å²) in [5.41, 5.74) is 0.701. The highest BCUT2D eigenvalue weighted by Gasteiger charge is 2.29. The van der Waals surface area contributed by atoms with Crippen LogP contribution in [0.5, 0.6) is 5.88 Å². The minimum Gasteiger partial charge on any atom is -0.477 e. The normalized spacial score (nSPS) is 22.1. The summed E-state index contributed by atoms with van der Waals surface area (Å²) >= 11 is 0. The third-order valence-electron chi connectivity index (χ3n) is 5.34. The van der Waals surface area contributed by atoms with Crippen molar-refractivity contribution in [2.75, 3.05) is 19.0 Å². The molecule has 2 heterocycles. The molecule has 0 bridgehead atoms. The van der Waals surface area contributed by atoms with Crippen LogP contribution >= 0.6 is 0 Å². The van der Waals surface area contributed by atoms with E-state index in [0.29, 0.717) is 24.9 Å². The maximum atomic E-state index is 14.1. The molecule has 0 aliphatic heterocycles. The molecule has 0 saturated heterocycles. The van der Waals surface area contributed by atoms with Crippen molar-refractivity contribution in [2.45, 2.75) is 57.8 Å². The average Bonchev–Trinajstić information content (AvgIpc) is 3.08. The van der Waals surface area contributed by atoms with Crippen molar-refractivity contribution < 1.29 is 9.13 Å². The second-order valence-electron chi connectivity index (χ2n) is 7.99. The molecule has 0 aromatic carbocycles. The van der Waals surface area contributed by atoms with Crippen LogP contribution in [0.3, 0.4) is 0 Å². The molecule has 9 heteroatoms. The van der Waals surface area contributed by atoms with E-state index in [2.05, 4.69) is 31.8 Å². The summed E-state index contributed by atoms with van der Waals surface area (Å²) in [6.45, 7) is 5.86. The van der Waals surface area contributed by atoms with Gasteiger partial charge in [-0.2, -0.15) is 15.3 Å². The highest BCUT2D eigenvalue weighted by atomic mass is 19.1. The van der Waals surface area contributed by atoms with Gasteiger partial charge >= 0.3 is 0 Å². The van der Waals surface area contributed by atoms with E-state index in [1.54, 1.807) is 44.0 Å². The van der Waals surface area contributed by atoms with Crippen LogP contribution in [0.2, 0.25) is 0 Å². The predicted octanol–water partition coefficient (Wildman–Crippen LogP) is 3.09. The molecular formula is C20H28FN7O. The van der Waals surface area contributed by atoms with E-state index in [9.17, 15) is 9.65 Å². The fraction of sp³-hybridized carbons (Fsp3) is 0.600. The molecule has 3 rings (SSSR count). The average molecular weight is 401 g/mol. The fourth-order valence-electron chi connectivity index (χ4n) is 3.40. The molecule has 0 radical (unpaired) electrons. The van der Waals surface area contributed by atoms with Gasteiger partial charge in [0.05, 0.1) is 30.3 Å². The van der Waals surface area contributed by atoms with Crippen molar-refractivity contribution in [1.29, 1.82) is 5.26 Å². The van der Waals surface area contributed by atoms with Crippen LogP contribution in [0.25, 0.3) is 0 Å². The molecule has 1 saturated carbocycles. The van der Waals surface area contributed by atoms with E-state index >= 15 is 0 Å². The minimum atomic E-state index is -0.845. The van der Waals surface area contributed by atoms with Crippen molar-refractivity contribution in [3.05, 3.63) is 24.2 Å². The lowest BCUT2D eigenvalue weighted by Crippen LogP contribution is -2.41. The zero-order valence-electron chi connectivity index (χ0n) is 17.3. The molecule has 1 aliphatic rings. The van der Waals surface area contributed by atoms with Crippen molar-refractivity contribution in [3.8, 4) is 11.9 Å². The van der Waals surface area contributed by atoms with Gasteiger partial charge in [0, 0.05) is 18.3 Å². The largest absolute Gasteiger partial charge is 0.477 e. The van der Waals surface area contributed by atoms with Crippen LogP contribution in [-0.2, 0) is 5.54 Å². The Hall–Kier alpha value is -2.73. The predicted molar refractivity (Wildman–Crippen MR) is 108 cm³/mol. The lowest BCUT2D eigenvalue weighted by atomic mass is 9.85. The van der Waals surface area contributed by atoms with Gasteiger partial charge in [-0.25, -0.2) is 9.37 Å². The number of ether oxygens (including phenoxy) is 1. The second kappa shape index (κ2) is 8.74. The standard InChI is InChI=1S/C20H28FN7O/c1-13-17(10-28(27-13)20(2,3)12-22)25-19-24-8-7-18(26-19)29-11-14-5-6-16(23-4)15(21)9-14/h7-8,10,14-16,23H,5-6,9,11H2,1-4H3,(H,24,25,26)/t14-,15-,16-/m1/s1. The molecule has 29 heavy (non-hydrogen) atoms. The molecule has 8 nitrogen and oxygen atoms in total. The number of hydrogen-bond donors (Lipinski definition) is 2. The number of alkyl halides is 1. The summed E-state index contributed by atoms with van der Waals surface area (Å²) in [7, 11) is 1.80. The Bertz CT molecular complexity index is 876. The first-order valence-corrected chi connectivity index (χ1v) is 9.84. The Labute approximate surface area is 170 Å². The lowest BCUT2D eigenvalue weighted by molar-refractivity contribution is 0.117. The maximum Gasteiger partial charge on any atom is 0.230 e. The molecule has 0 unspecified atom stereocenters. The van der Waals surface area contributed by atoms with Crippen LogP contribution in [0.15, 0.2) is 18.5 Å². The van der Waals surface area contributed by atoms with Crippen molar-refractivity contribution in [2.24, 2.45) is 5.92 Å². The van der Waals surface area contributed by atoms with Crippen LogP contribution in [0, 0.1) is 24.2 Å². The topological polar surface area (TPSA) is 101 Å². The van der Waals surface area contributed by atoms with Gasteiger partial charge in [-0.15, -0.1) is 0 Å². The molecule has 1 fully saturated rings. The Morgan fingerprint density at radius 2 is 2.21 bits per heavy atom. The van der Waals surface area contributed by atoms with Gasteiger partial charge in [-0.1, -0.05) is 0 Å². The van der Waals surface area contributed by atoms with Gasteiger partial charge in [0.25, 0.3) is 0 Å². The van der Waals surface area contributed by atoms with E-state index < -0.39 is 11.7 Å². The number of hydrogen-bond acceptors (Lipinski definition) is 7. The highest BCUT2D eigenvalue weighted by molar-refractivity contribution is 5.55. The first-order chi connectivity index (χ1) is 13.8. The SMILES string of the molecule is CN[C@@H]1CC[C@@H](COc2ccnc(Nc3cn(C(C)(C)C#N)nc3C)n2)C[C@H]1F. The summed E-state index contributed by atoms with van der Waals surface area (Å²) in [6, 6.07) is 3.85. The number of anilines is 2. The van der Waals surface area contributed by atoms with E-state index in [0.717, 1.165) is 24.2 Å². The van der Waals surface area contributed by atoms with E-state index in [4.69, 9.17) is 4.74 Å². The highest BCUT2D eigenvalue weighted by Crippen LogP contribution is 2.28. The zero-order valence-corrected chi connectivity index (χ0v) is 17.3. The summed E-state index contributed by atoms with van der Waals surface area (Å²) in [5.74, 6) is 0.993. The van der Waals surface area contributed by atoms with Crippen LogP contribution in [0.1, 0.15) is 38.8 Å². The number of aryl methyl sites for hydroxylation is 1. The number of rotatable bonds is 7. The van der Waals surface area contributed by atoms with Gasteiger partial charge in [-0.3, -0.25) is 4.68 Å². The molecule has 2 N–H and O–H groups in total. The van der Waals surface area contributed by atoms with Crippen molar-refractivity contribution >= 4 is 11.6 Å². The van der Waals surface area contributed by atoms with Crippen molar-refractivity contribution in [1.82, 2.24) is 25.1 Å². The Morgan fingerprint density at radius 3 is 2.90 bits per heavy atom. The first kappa shape index (κ1) is 21.0. The summed E-state index contributed by atoms with van der Waals surface area (Å²) in [6.07, 6.45) is 4.76. The monoisotopic (exact) mass is 401 g/mol. The van der Waals surface area contributed by atoms with Gasteiger partial charge in [0.1, 0.15) is 11.7 Å². The molecule has 2 aromatic rings. The number of nitriles is 1. The number of nitrogens with one attached hydrogen (secondary N) is 2. The van der Waals surface area contributed by atoms with Gasteiger partial charge in [0.15, 0.2) is 0 Å². The molecular weight excluding hydrogens is 373 g/mol. The first-order valence-electron chi connectivity index (χ1n) is 9.84. The van der Waals surface area contributed by atoms with Crippen molar-refractivity contribution in [3.63, 3.8) is 0 Å². The summed E-state index contributed by atoms with van der Waals surface area (Å²) in [5, 5.41) is 19.8. The second-order valence-corrected chi connectivity index (χ2v) is 7.99. The fourth-order valence-corrected chi connectivity index (χ4v) is 3.40. The minimum absolute atomic E-state index is 0.0590. The number of aromatic nitrogens is 4. The van der Waals surface area contributed by atoms with Crippen LogP contribution in [-0.4, -0.2) is 45.6 Å². The van der Waals surface area contributed by atoms with E-state index in [1.165, 1.54) is 0 Å². The number of halogens is 1. The quantitative estimate of drug-likeness (QED) is 0.735. The van der Waals surface area contributed by atoms with Gasteiger partial charge < -0.3 is 15.4 Å². The summed E-state index contributed by atoms with van der Waals surface area (Å²) in [4.78, 5) is 8.61. The zero-order chi connectivity index (χ0) is 21.0. The van der Waals surface area contributed by atoms with E-state index in [-0.39, 0.29) is 12.0 Å². The molecule has 3 atom stereocenters. The van der Waals surface area contributed by atoms with E-state index in [1.807, 2.05) is 6.92 Å². The van der Waals surface area contributed by atoms with Gasteiger partial charge in [-0.05, 0) is 53.0 Å². The third-order valence-corrected chi connectivity index (χ3v) is 5.34. The Kier molecular flexibility index (Phi) is 6.33. The van der Waals surface area contributed by atoms with Gasteiger partial charge in [0.2, 0.25) is 11.8 Å². The number of nitrogens with zero attached hydrogens (tertiary/aromatic N) is 5. The molecule has 2 aromatic heterocycles. The Morgan fingerprint density at radius 1 is 1.41 bits per heavy atom. The lowest BCUT2D eigenvalue weighted by Gasteiger charge is -2.31. The molecule has 0 spiro atoms. The smallest absolute Gasteiger partial charge is 0.230 e.